The topological polar surface area (TPSA) is 0 Å². The third-order valence-electron chi connectivity index (χ3n) is 12.5. The first-order chi connectivity index (χ1) is 29.0. The maximum Gasteiger partial charge on any atom is 0.0776 e. The zero-order valence-corrected chi connectivity index (χ0v) is 37.5. The second-order valence-electron chi connectivity index (χ2n) is 18.5. The third-order valence-corrected chi connectivity index (χ3v) is 16.6. The Kier molecular flexibility index (Phi) is 9.32. The van der Waals surface area contributed by atoms with Crippen LogP contribution in [0.3, 0.4) is 0 Å². The zero-order chi connectivity index (χ0) is 41.2. The van der Waals surface area contributed by atoms with E-state index in [9.17, 15) is 0 Å². The molecular formula is C58H50Si2. The molecular weight excluding hydrogens is 753 g/mol. The summed E-state index contributed by atoms with van der Waals surface area (Å²) >= 11 is 0. The molecule has 0 saturated carbocycles. The van der Waals surface area contributed by atoms with Crippen molar-refractivity contribution in [2.24, 2.45) is 0 Å². The van der Waals surface area contributed by atoms with Gasteiger partial charge >= 0.3 is 0 Å². The molecule has 290 valence electrons. The Hall–Kier alpha value is -6.33. The second kappa shape index (κ2) is 14.7. The van der Waals surface area contributed by atoms with Gasteiger partial charge in [0.1, 0.15) is 0 Å². The van der Waals surface area contributed by atoms with Crippen LogP contribution in [-0.2, 0) is 0 Å². The molecule has 0 atom stereocenters. The average Bonchev–Trinajstić information content (AvgIpc) is 3.27. The van der Waals surface area contributed by atoms with Gasteiger partial charge < -0.3 is 0 Å². The minimum atomic E-state index is -1.62. The highest BCUT2D eigenvalue weighted by molar-refractivity contribution is 6.89. The molecule has 0 aliphatic heterocycles. The molecule has 0 aliphatic carbocycles. The molecule has 2 heteroatoms. The highest BCUT2D eigenvalue weighted by Gasteiger charge is 2.25. The molecule has 0 spiro atoms. The van der Waals surface area contributed by atoms with E-state index in [1.54, 1.807) is 0 Å². The van der Waals surface area contributed by atoms with Gasteiger partial charge in [-0.15, -0.1) is 0 Å². The SMILES string of the molecule is C[Si](C)(C)c1cccc(-c2c3ccccc3c(-c3cccc([Si](C)(C)C)c3)c3cc4c(cc23)c(-c2ccccc2)c(-c2cccc(-c3ccccc3)c2)c2ccccc24)c1. The Morgan fingerprint density at radius 2 is 0.567 bits per heavy atom. The van der Waals surface area contributed by atoms with Crippen LogP contribution in [0.15, 0.2) is 194 Å². The van der Waals surface area contributed by atoms with Crippen molar-refractivity contribution >= 4 is 69.6 Å². The van der Waals surface area contributed by atoms with Crippen LogP contribution >= 0.6 is 0 Å². The van der Waals surface area contributed by atoms with Gasteiger partial charge in [-0.1, -0.05) is 226 Å². The standard InChI is InChI=1S/C58H50Si2/c1-59(2,3)45-28-18-26-43(35-45)55-49-32-15-16-33-50(49)56(44-27-19-29-46(36-44)60(4,5)6)54-38-52-51(37-53(54)55)47-30-13-14-31-48(47)58(57(52)40-22-11-8-12-23-40)42-25-17-24-41(34-42)39-20-9-7-10-21-39/h7-38H,1-6H3. The van der Waals surface area contributed by atoms with E-state index in [1.807, 2.05) is 0 Å². The number of benzene rings is 10. The fourth-order valence-electron chi connectivity index (χ4n) is 9.45. The van der Waals surface area contributed by atoms with E-state index in [-0.39, 0.29) is 0 Å². The summed E-state index contributed by atoms with van der Waals surface area (Å²) in [6, 6.07) is 73.4. The third kappa shape index (κ3) is 6.61. The lowest BCUT2D eigenvalue weighted by Crippen LogP contribution is -2.37. The smallest absolute Gasteiger partial charge is 0.0656 e. The highest BCUT2D eigenvalue weighted by Crippen LogP contribution is 2.50. The number of hydrogen-bond acceptors (Lipinski definition) is 0. The van der Waals surface area contributed by atoms with Crippen LogP contribution in [0.2, 0.25) is 39.3 Å². The van der Waals surface area contributed by atoms with Crippen LogP contribution in [0.5, 0.6) is 0 Å². The molecule has 0 aliphatic rings. The predicted octanol–water partition coefficient (Wildman–Crippen LogP) is 15.7. The summed E-state index contributed by atoms with van der Waals surface area (Å²) in [5, 5.41) is 13.2. The average molecular weight is 803 g/mol. The van der Waals surface area contributed by atoms with Crippen LogP contribution in [0.1, 0.15) is 0 Å². The Labute approximate surface area is 356 Å². The van der Waals surface area contributed by atoms with Crippen molar-refractivity contribution in [1.82, 2.24) is 0 Å². The number of rotatable bonds is 7. The van der Waals surface area contributed by atoms with Crippen LogP contribution in [-0.4, -0.2) is 16.1 Å². The maximum absolute atomic E-state index is 2.57. The van der Waals surface area contributed by atoms with E-state index in [0.29, 0.717) is 0 Å². The van der Waals surface area contributed by atoms with E-state index in [4.69, 9.17) is 0 Å². The monoisotopic (exact) mass is 802 g/mol. The van der Waals surface area contributed by atoms with Gasteiger partial charge in [-0.2, -0.15) is 0 Å². The summed E-state index contributed by atoms with van der Waals surface area (Å²) in [4.78, 5) is 0. The molecule has 0 fully saturated rings. The summed E-state index contributed by atoms with van der Waals surface area (Å²) < 4.78 is 0. The summed E-state index contributed by atoms with van der Waals surface area (Å²) in [6.07, 6.45) is 0. The number of hydrogen-bond donors (Lipinski definition) is 0. The number of fused-ring (bicyclic) bond motifs is 5. The molecule has 10 aromatic carbocycles. The molecule has 0 nitrogen and oxygen atoms in total. The lowest BCUT2D eigenvalue weighted by molar-refractivity contribution is 1.60. The van der Waals surface area contributed by atoms with Crippen LogP contribution in [0.25, 0.3) is 98.7 Å². The Balaban J connectivity index is 1.42. The van der Waals surface area contributed by atoms with Crippen LogP contribution in [0, 0.1) is 0 Å². The van der Waals surface area contributed by atoms with Crippen molar-refractivity contribution in [2.45, 2.75) is 39.3 Å². The van der Waals surface area contributed by atoms with E-state index < -0.39 is 16.1 Å². The molecule has 0 saturated heterocycles. The van der Waals surface area contributed by atoms with Crippen molar-refractivity contribution < 1.29 is 0 Å². The quantitative estimate of drug-likeness (QED) is 0.0855. The van der Waals surface area contributed by atoms with E-state index >= 15 is 0 Å². The van der Waals surface area contributed by atoms with Gasteiger partial charge in [0.25, 0.3) is 0 Å². The minimum absolute atomic E-state index is 1.22. The maximum atomic E-state index is 2.57. The predicted molar refractivity (Wildman–Crippen MR) is 270 cm³/mol. The van der Waals surface area contributed by atoms with Crippen molar-refractivity contribution in [2.75, 3.05) is 0 Å². The lowest BCUT2D eigenvalue weighted by Gasteiger charge is -2.24. The second-order valence-corrected chi connectivity index (χ2v) is 28.7. The minimum Gasteiger partial charge on any atom is -0.0656 e. The molecule has 10 rings (SSSR count). The van der Waals surface area contributed by atoms with Gasteiger partial charge in [-0.3, -0.25) is 0 Å². The van der Waals surface area contributed by atoms with Gasteiger partial charge in [0.15, 0.2) is 0 Å². The van der Waals surface area contributed by atoms with Gasteiger partial charge in [0.2, 0.25) is 0 Å². The van der Waals surface area contributed by atoms with Crippen molar-refractivity contribution in [1.29, 1.82) is 0 Å². The normalized spacial score (nSPS) is 12.2. The van der Waals surface area contributed by atoms with Crippen LogP contribution < -0.4 is 10.4 Å². The van der Waals surface area contributed by atoms with Crippen molar-refractivity contribution in [3.63, 3.8) is 0 Å². The van der Waals surface area contributed by atoms with Gasteiger partial charge in [-0.05, 0) is 117 Å². The summed E-state index contributed by atoms with van der Waals surface area (Å²) in [6.45, 7) is 14.7. The molecule has 0 N–H and O–H groups in total. The lowest BCUT2D eigenvalue weighted by atomic mass is 9.80. The summed E-state index contributed by atoms with van der Waals surface area (Å²) in [5.41, 5.74) is 12.6. The first-order valence-electron chi connectivity index (χ1n) is 21.3. The Morgan fingerprint density at radius 3 is 1.08 bits per heavy atom. The fourth-order valence-corrected chi connectivity index (χ4v) is 11.8. The van der Waals surface area contributed by atoms with E-state index in [1.165, 1.54) is 109 Å². The fraction of sp³-hybridized carbons (Fsp3) is 0.103. The van der Waals surface area contributed by atoms with Crippen LogP contribution in [0.4, 0.5) is 0 Å². The van der Waals surface area contributed by atoms with E-state index in [0.717, 1.165) is 0 Å². The Bertz CT molecular complexity index is 3260. The highest BCUT2D eigenvalue weighted by atomic mass is 28.3. The molecule has 0 heterocycles. The van der Waals surface area contributed by atoms with Crippen molar-refractivity contribution in [3.05, 3.63) is 194 Å². The van der Waals surface area contributed by atoms with Gasteiger partial charge in [0, 0.05) is 0 Å². The largest absolute Gasteiger partial charge is 0.0776 e. The Morgan fingerprint density at radius 1 is 0.217 bits per heavy atom. The molecule has 60 heavy (non-hydrogen) atoms. The molecule has 0 radical (unpaired) electrons. The zero-order valence-electron chi connectivity index (χ0n) is 35.5. The summed E-state index contributed by atoms with van der Waals surface area (Å²) in [7, 11) is -3.22. The first-order valence-corrected chi connectivity index (χ1v) is 28.3. The molecule has 0 amide bonds. The molecule has 0 bridgehead atoms. The molecule has 10 aromatic rings. The van der Waals surface area contributed by atoms with Crippen molar-refractivity contribution in [3.8, 4) is 55.6 Å². The van der Waals surface area contributed by atoms with Gasteiger partial charge in [0.05, 0.1) is 16.1 Å². The first kappa shape index (κ1) is 37.9. The summed E-state index contributed by atoms with van der Waals surface area (Å²) in [5.74, 6) is 0. The van der Waals surface area contributed by atoms with E-state index in [2.05, 4.69) is 233 Å². The molecule has 0 aromatic heterocycles. The molecule has 0 unspecified atom stereocenters. The van der Waals surface area contributed by atoms with Gasteiger partial charge in [-0.25, -0.2) is 0 Å².